The molecular formula is C29H38ClN5O4. The summed E-state index contributed by atoms with van der Waals surface area (Å²) in [6.07, 6.45) is 2.74. The average molecular weight is 556 g/mol. The molecule has 0 bridgehead atoms. The van der Waals surface area contributed by atoms with Gasteiger partial charge in [-0.15, -0.1) is 12.4 Å². The van der Waals surface area contributed by atoms with Crippen molar-refractivity contribution in [3.63, 3.8) is 0 Å². The van der Waals surface area contributed by atoms with Crippen molar-refractivity contribution in [1.29, 1.82) is 0 Å². The Morgan fingerprint density at radius 2 is 1.85 bits per heavy atom. The highest BCUT2D eigenvalue weighted by molar-refractivity contribution is 6.05. The van der Waals surface area contributed by atoms with Crippen LogP contribution in [-0.4, -0.2) is 72.9 Å². The van der Waals surface area contributed by atoms with Crippen LogP contribution in [0.25, 0.3) is 0 Å². The van der Waals surface area contributed by atoms with Crippen LogP contribution in [-0.2, 0) is 16.1 Å². The van der Waals surface area contributed by atoms with E-state index in [0.29, 0.717) is 25.1 Å². The molecule has 39 heavy (non-hydrogen) atoms. The minimum Gasteiger partial charge on any atom is -0.494 e. The Balaban J connectivity index is 0.00000353. The van der Waals surface area contributed by atoms with Gasteiger partial charge in [0.05, 0.1) is 6.61 Å². The number of fused-ring (bicyclic) bond motifs is 1. The number of hydrogen-bond acceptors (Lipinski definition) is 7. The van der Waals surface area contributed by atoms with E-state index in [0.717, 1.165) is 68.1 Å². The van der Waals surface area contributed by atoms with Crippen molar-refractivity contribution < 1.29 is 19.1 Å². The van der Waals surface area contributed by atoms with Crippen molar-refractivity contribution in [3.05, 3.63) is 59.2 Å². The summed E-state index contributed by atoms with van der Waals surface area (Å²) < 4.78 is 5.92. The Morgan fingerprint density at radius 3 is 2.59 bits per heavy atom. The number of unbranched alkanes of at least 4 members (excludes halogenated alkanes) is 1. The molecule has 5 rings (SSSR count). The predicted octanol–water partition coefficient (Wildman–Crippen LogP) is 2.87. The molecule has 3 N–H and O–H groups in total. The fourth-order valence-electron chi connectivity index (χ4n) is 5.50. The molecule has 0 spiro atoms. The van der Waals surface area contributed by atoms with E-state index in [1.807, 2.05) is 43.3 Å². The number of piperazine rings is 1. The normalized spacial score (nSPS) is 20.4. The molecule has 0 aliphatic carbocycles. The number of benzene rings is 2. The highest BCUT2D eigenvalue weighted by Crippen LogP contribution is 2.31. The quantitative estimate of drug-likeness (QED) is 0.362. The molecule has 2 fully saturated rings. The number of nitrogens with two attached hydrogens (primary N) is 1. The topological polar surface area (TPSA) is 108 Å². The highest BCUT2D eigenvalue weighted by atomic mass is 35.5. The number of carbonyl (C=O) groups excluding carboxylic acids is 3. The molecule has 2 atom stereocenters. The largest absolute Gasteiger partial charge is 0.494 e. The van der Waals surface area contributed by atoms with Crippen molar-refractivity contribution in [2.45, 2.75) is 51.2 Å². The number of amides is 3. The zero-order valence-corrected chi connectivity index (χ0v) is 23.3. The van der Waals surface area contributed by atoms with E-state index >= 15 is 0 Å². The smallest absolute Gasteiger partial charge is 0.255 e. The Hall–Kier alpha value is -3.14. The van der Waals surface area contributed by atoms with Gasteiger partial charge in [-0.25, -0.2) is 0 Å². The number of halogens is 1. The van der Waals surface area contributed by atoms with Gasteiger partial charge in [0.15, 0.2) is 0 Å². The van der Waals surface area contributed by atoms with Crippen LogP contribution in [0, 0.1) is 0 Å². The van der Waals surface area contributed by atoms with Gasteiger partial charge in [0.25, 0.3) is 5.91 Å². The number of piperidine rings is 1. The van der Waals surface area contributed by atoms with Crippen LogP contribution in [0.4, 0.5) is 5.69 Å². The number of carbonyl (C=O) groups is 3. The first-order valence-corrected chi connectivity index (χ1v) is 13.6. The van der Waals surface area contributed by atoms with Gasteiger partial charge in [-0.05, 0) is 74.2 Å². The second-order valence-corrected chi connectivity index (χ2v) is 10.5. The Bertz CT molecular complexity index is 1200. The molecule has 0 radical (unpaired) electrons. The van der Waals surface area contributed by atoms with Gasteiger partial charge in [0.2, 0.25) is 11.8 Å². The van der Waals surface area contributed by atoms with Crippen molar-refractivity contribution in [2.75, 3.05) is 44.2 Å². The summed E-state index contributed by atoms with van der Waals surface area (Å²) in [5, 5.41) is 2.36. The van der Waals surface area contributed by atoms with Crippen molar-refractivity contribution >= 4 is 35.8 Å². The van der Waals surface area contributed by atoms with Gasteiger partial charge < -0.3 is 20.3 Å². The van der Waals surface area contributed by atoms with Gasteiger partial charge in [-0.2, -0.15) is 0 Å². The molecule has 2 aromatic rings. The minimum atomic E-state index is -0.579. The zero-order valence-electron chi connectivity index (χ0n) is 22.4. The third-order valence-corrected chi connectivity index (χ3v) is 7.77. The van der Waals surface area contributed by atoms with Crippen LogP contribution < -0.4 is 20.7 Å². The second kappa shape index (κ2) is 12.8. The maximum absolute atomic E-state index is 12.9. The second-order valence-electron chi connectivity index (χ2n) is 10.5. The fraction of sp³-hybridized carbons (Fsp3) is 0.483. The molecule has 10 heteroatoms. The molecule has 0 saturated carbocycles. The molecule has 2 unspecified atom stereocenters. The Labute approximate surface area is 236 Å². The average Bonchev–Trinajstić information content (AvgIpc) is 3.24. The van der Waals surface area contributed by atoms with E-state index in [1.54, 1.807) is 4.90 Å². The first-order chi connectivity index (χ1) is 18.4. The minimum absolute atomic E-state index is 0. The van der Waals surface area contributed by atoms with Crippen LogP contribution in [0.15, 0.2) is 42.5 Å². The lowest BCUT2D eigenvalue weighted by molar-refractivity contribution is -0.136. The lowest BCUT2D eigenvalue weighted by Crippen LogP contribution is -2.52. The maximum Gasteiger partial charge on any atom is 0.255 e. The van der Waals surface area contributed by atoms with E-state index in [2.05, 4.69) is 21.2 Å². The van der Waals surface area contributed by atoms with Crippen LogP contribution in [0.1, 0.15) is 60.1 Å². The molecule has 2 saturated heterocycles. The summed E-state index contributed by atoms with van der Waals surface area (Å²) in [6.45, 7) is 8.00. The van der Waals surface area contributed by atoms with Gasteiger partial charge in [-0.1, -0.05) is 12.1 Å². The molecule has 3 heterocycles. The zero-order chi connectivity index (χ0) is 26.6. The molecule has 210 valence electrons. The first-order valence-electron chi connectivity index (χ1n) is 13.6. The number of nitrogens with one attached hydrogen (secondary N) is 1. The van der Waals surface area contributed by atoms with Gasteiger partial charge >= 0.3 is 0 Å². The van der Waals surface area contributed by atoms with E-state index in [4.69, 9.17) is 10.5 Å². The standard InChI is InChI=1S/C29H37N5O4.ClH/c1-20(30)21-5-4-6-24(18-21)38-16-3-2-11-32-12-14-33(15-13-32)23-7-8-25-22(17-23)19-34(29(25)37)26-9-10-27(35)31-28(26)36;/h4-8,17-18,20,26H,2-3,9-16,19,30H2,1H3,(H,31,35,36);1H. The molecular weight excluding hydrogens is 518 g/mol. The van der Waals surface area contributed by atoms with E-state index in [9.17, 15) is 14.4 Å². The molecule has 3 aliphatic heterocycles. The molecule has 0 aromatic heterocycles. The first kappa shape index (κ1) is 28.9. The number of rotatable bonds is 9. The van der Waals surface area contributed by atoms with E-state index in [-0.39, 0.29) is 42.6 Å². The summed E-state index contributed by atoms with van der Waals surface area (Å²) in [7, 11) is 0. The highest BCUT2D eigenvalue weighted by Gasteiger charge is 2.39. The predicted molar refractivity (Wildman–Crippen MR) is 152 cm³/mol. The van der Waals surface area contributed by atoms with Crippen molar-refractivity contribution in [3.8, 4) is 5.75 Å². The number of hydrogen-bond donors (Lipinski definition) is 2. The van der Waals surface area contributed by atoms with E-state index in [1.165, 1.54) is 0 Å². The lowest BCUT2D eigenvalue weighted by Gasteiger charge is -2.36. The van der Waals surface area contributed by atoms with Crippen LogP contribution in [0.5, 0.6) is 5.75 Å². The fourth-order valence-corrected chi connectivity index (χ4v) is 5.50. The van der Waals surface area contributed by atoms with Crippen molar-refractivity contribution in [1.82, 2.24) is 15.1 Å². The Morgan fingerprint density at radius 1 is 1.05 bits per heavy atom. The maximum atomic E-state index is 12.9. The summed E-state index contributed by atoms with van der Waals surface area (Å²) >= 11 is 0. The van der Waals surface area contributed by atoms with Gasteiger partial charge in [-0.3, -0.25) is 24.6 Å². The monoisotopic (exact) mass is 555 g/mol. The summed E-state index contributed by atoms with van der Waals surface area (Å²) in [5.41, 5.74) is 9.76. The third-order valence-electron chi connectivity index (χ3n) is 7.77. The van der Waals surface area contributed by atoms with Crippen LogP contribution in [0.3, 0.4) is 0 Å². The summed E-state index contributed by atoms with van der Waals surface area (Å²) in [4.78, 5) is 43.2. The SMILES string of the molecule is CC(N)c1cccc(OCCCCN2CCN(c3ccc4c(c3)CN(C3CCC(=O)NC3=O)C4=O)CC2)c1.Cl. The number of ether oxygens (including phenoxy) is 1. The molecule has 2 aromatic carbocycles. The van der Waals surface area contributed by atoms with E-state index < -0.39 is 6.04 Å². The number of nitrogens with zero attached hydrogens (tertiary/aromatic N) is 3. The van der Waals surface area contributed by atoms with Crippen molar-refractivity contribution in [2.24, 2.45) is 5.73 Å². The molecule has 9 nitrogen and oxygen atoms in total. The van der Waals surface area contributed by atoms with Crippen LogP contribution >= 0.6 is 12.4 Å². The van der Waals surface area contributed by atoms with Gasteiger partial charge in [0, 0.05) is 56.4 Å². The number of anilines is 1. The molecule has 3 amide bonds. The molecule has 3 aliphatic rings. The summed E-state index contributed by atoms with van der Waals surface area (Å²) in [5.74, 6) is 0.107. The van der Waals surface area contributed by atoms with Gasteiger partial charge in [0.1, 0.15) is 11.8 Å². The third kappa shape index (κ3) is 6.72. The Kier molecular flexibility index (Phi) is 9.48. The summed E-state index contributed by atoms with van der Waals surface area (Å²) in [6, 6.07) is 13.4. The lowest BCUT2D eigenvalue weighted by atomic mass is 10.0. The number of imide groups is 1. The van der Waals surface area contributed by atoms with Crippen LogP contribution in [0.2, 0.25) is 0 Å².